The highest BCUT2D eigenvalue weighted by Crippen LogP contribution is 2.52. The smallest absolute Gasteiger partial charge is 0.0726 e. The van der Waals surface area contributed by atoms with Crippen LogP contribution in [0.5, 0.6) is 0 Å². The van der Waals surface area contributed by atoms with Crippen molar-refractivity contribution in [3.8, 4) is 22.7 Å². The van der Waals surface area contributed by atoms with Crippen LogP contribution in [-0.2, 0) is 0 Å². The molecule has 0 saturated carbocycles. The average molecular weight is 1600 g/mol. The number of para-hydroxylation sites is 6. The molecule has 8 aromatic heterocycles. The molecule has 28 rings (SSSR count). The highest BCUT2D eigenvalue weighted by molar-refractivity contribution is 7.28. The molecule has 560 valence electrons. The summed E-state index contributed by atoms with van der Waals surface area (Å²) in [7, 11) is 0. The van der Waals surface area contributed by atoms with Gasteiger partial charge in [0.25, 0.3) is 0 Å². The Morgan fingerprint density at radius 2 is 0.525 bits per heavy atom. The molecule has 0 amide bonds. The number of aromatic nitrogens is 4. The lowest BCUT2D eigenvalue weighted by atomic mass is 9.99. The zero-order valence-electron chi connectivity index (χ0n) is 64.7. The Balaban J connectivity index is 0.0000000886. The summed E-state index contributed by atoms with van der Waals surface area (Å²) in [6.45, 7) is 0. The van der Waals surface area contributed by atoms with Crippen LogP contribution in [0.4, 0.5) is 0 Å². The molecule has 4 nitrogen and oxygen atoms in total. The molecule has 0 saturated heterocycles. The summed E-state index contributed by atoms with van der Waals surface area (Å²) in [6.07, 6.45) is 0. The van der Waals surface area contributed by atoms with Gasteiger partial charge in [-0.1, -0.05) is 297 Å². The number of hydrogen-bond donors (Lipinski definition) is 0. The predicted molar refractivity (Wildman–Crippen MR) is 525 cm³/mol. The number of thiophene rings is 4. The van der Waals surface area contributed by atoms with Crippen molar-refractivity contribution in [2.45, 2.75) is 0 Å². The zero-order chi connectivity index (χ0) is 78.6. The normalized spacial score (nSPS) is 12.0. The molecule has 8 heteroatoms. The van der Waals surface area contributed by atoms with Crippen LogP contribution >= 0.6 is 45.3 Å². The second kappa shape index (κ2) is 27.6. The first-order valence-corrected chi connectivity index (χ1v) is 44.1. The van der Waals surface area contributed by atoms with Crippen LogP contribution in [-0.4, -0.2) is 18.3 Å². The number of fused-ring (bicyclic) bond motifs is 36. The van der Waals surface area contributed by atoms with Gasteiger partial charge in [0.2, 0.25) is 0 Å². The van der Waals surface area contributed by atoms with Gasteiger partial charge in [0.1, 0.15) is 0 Å². The fourth-order valence-electron chi connectivity index (χ4n) is 19.6. The van der Waals surface area contributed by atoms with Crippen molar-refractivity contribution in [2.75, 3.05) is 0 Å². The molecule has 20 aromatic carbocycles. The molecular weight excluding hydrogens is 1530 g/mol. The van der Waals surface area contributed by atoms with Gasteiger partial charge < -0.3 is 18.3 Å². The van der Waals surface area contributed by atoms with Crippen LogP contribution in [0.3, 0.4) is 0 Å². The average Bonchev–Trinajstić information content (AvgIpc) is 1.54. The van der Waals surface area contributed by atoms with Crippen molar-refractivity contribution >= 4 is 256 Å². The van der Waals surface area contributed by atoms with Gasteiger partial charge in [0.05, 0.1) is 53.5 Å². The molecular formula is C112H68N4S4. The minimum absolute atomic E-state index is 1.20. The molecule has 0 aliphatic rings. The topological polar surface area (TPSA) is 19.7 Å². The van der Waals surface area contributed by atoms with E-state index >= 15 is 0 Å². The van der Waals surface area contributed by atoms with E-state index in [1.807, 2.05) is 45.3 Å². The highest BCUT2D eigenvalue weighted by Gasteiger charge is 2.26. The summed E-state index contributed by atoms with van der Waals surface area (Å²) in [5.41, 5.74) is 15.1. The van der Waals surface area contributed by atoms with E-state index in [1.165, 1.54) is 234 Å². The summed E-state index contributed by atoms with van der Waals surface area (Å²) in [5, 5.41) is 31.9. The number of hydrogen-bond acceptors (Lipinski definition) is 4. The molecule has 0 unspecified atom stereocenters. The van der Waals surface area contributed by atoms with Crippen molar-refractivity contribution < 1.29 is 0 Å². The maximum absolute atomic E-state index is 2.45. The minimum atomic E-state index is 1.20. The summed E-state index contributed by atoms with van der Waals surface area (Å²) in [4.78, 5) is 0. The van der Waals surface area contributed by atoms with Crippen LogP contribution in [0, 0.1) is 0 Å². The molecule has 0 spiro atoms. The minimum Gasteiger partial charge on any atom is -0.309 e. The molecule has 28 aromatic rings. The third-order valence-electron chi connectivity index (χ3n) is 24.6. The molecule has 120 heavy (non-hydrogen) atoms. The highest BCUT2D eigenvalue weighted by atomic mass is 32.1. The Hall–Kier alpha value is -14.5. The third kappa shape index (κ3) is 10.5. The van der Waals surface area contributed by atoms with Crippen molar-refractivity contribution in [2.24, 2.45) is 0 Å². The first-order valence-electron chi connectivity index (χ1n) is 40.9. The van der Waals surface area contributed by atoms with E-state index in [0.29, 0.717) is 0 Å². The molecule has 8 heterocycles. The van der Waals surface area contributed by atoms with Gasteiger partial charge in [-0.2, -0.15) is 0 Å². The lowest BCUT2D eigenvalue weighted by molar-refractivity contribution is 1.18. The molecule has 0 atom stereocenters. The van der Waals surface area contributed by atoms with Crippen molar-refractivity contribution in [3.05, 3.63) is 413 Å². The van der Waals surface area contributed by atoms with Crippen molar-refractivity contribution in [1.82, 2.24) is 18.3 Å². The lowest BCUT2D eigenvalue weighted by Gasteiger charge is -2.10. The van der Waals surface area contributed by atoms with E-state index in [0.717, 1.165) is 0 Å². The molecule has 0 aliphatic heterocycles. The Labute approximate surface area is 704 Å². The van der Waals surface area contributed by atoms with Crippen LogP contribution in [0.1, 0.15) is 0 Å². The van der Waals surface area contributed by atoms with Crippen molar-refractivity contribution in [1.29, 1.82) is 0 Å². The summed E-state index contributed by atoms with van der Waals surface area (Å²) in [6, 6.07) is 149. The molecule has 0 aliphatic carbocycles. The van der Waals surface area contributed by atoms with Crippen LogP contribution < -0.4 is 0 Å². The van der Waals surface area contributed by atoms with Crippen LogP contribution in [0.15, 0.2) is 413 Å². The van der Waals surface area contributed by atoms with Gasteiger partial charge in [-0.25, -0.2) is 0 Å². The zero-order valence-corrected chi connectivity index (χ0v) is 67.9. The summed E-state index contributed by atoms with van der Waals surface area (Å²) < 4.78 is 20.6. The largest absolute Gasteiger partial charge is 0.309 e. The van der Waals surface area contributed by atoms with E-state index in [9.17, 15) is 0 Å². The monoisotopic (exact) mass is 1600 g/mol. The van der Waals surface area contributed by atoms with E-state index in [1.54, 1.807) is 0 Å². The van der Waals surface area contributed by atoms with Crippen molar-refractivity contribution in [3.63, 3.8) is 0 Å². The van der Waals surface area contributed by atoms with E-state index in [4.69, 9.17) is 0 Å². The number of rotatable bonds is 4. The fraction of sp³-hybridized carbons (Fsp3) is 0. The molecule has 0 N–H and O–H groups in total. The molecule has 0 bridgehead atoms. The predicted octanol–water partition coefficient (Wildman–Crippen LogP) is 33.2. The van der Waals surface area contributed by atoms with Crippen LogP contribution in [0.2, 0.25) is 0 Å². The van der Waals surface area contributed by atoms with E-state index in [2.05, 4.69) is 431 Å². The SMILES string of the molecule is c1ccc(-n2c3cc4ccccc4cc3c3cc4sc5ccccc5c4cc32)cc1.c1ccc(-n2c3ccc4ccccc4c3c3ccc4c5ccccc5sc4c32)cc1.c1ccc(-n2c3ccccc3c3c4ccccc4c4c5ccccc5sc4c32)cc1.c1ccc(-n2c3ccccc3c3c4sc5ccccc5c4c4ccccc4c32)cc1. The third-order valence-corrected chi connectivity index (χ3v) is 29.3. The summed E-state index contributed by atoms with van der Waals surface area (Å²) in [5.74, 6) is 0. The van der Waals surface area contributed by atoms with Crippen LogP contribution in [0.25, 0.3) is 234 Å². The maximum atomic E-state index is 2.45. The quantitative estimate of drug-likeness (QED) is 0.167. The molecule has 0 radical (unpaired) electrons. The number of benzene rings is 20. The van der Waals surface area contributed by atoms with E-state index in [-0.39, 0.29) is 0 Å². The second-order valence-electron chi connectivity index (χ2n) is 31.2. The van der Waals surface area contributed by atoms with Gasteiger partial charge in [-0.15, -0.1) is 45.3 Å². The standard InChI is InChI=1S/4C28H17NS/c1-2-10-18(11-3-1)29-23-16-8-6-14-21(23)26-27(29)20-13-5-4-12-19(20)25-22-15-7-9-17-24(22)30-28(25)26;1-2-10-18(11-3-1)29-23-16-8-6-14-21(23)25-19-12-4-5-13-20(19)26-22-15-7-9-17-24(22)30-28(26)27(25)29;1-2-10-20(11-3-1)29-25-15-19-9-5-4-8-18(19)14-22(25)23-17-28-24(16-26(23)29)21-12-6-7-13-27(21)30-28;1-2-9-19(10-3-1)29-24-17-14-18-8-4-5-11-20(18)26(24)23-16-15-22-21-12-6-7-13-25(21)30-28(22)27(23)29/h4*1-17H. The molecule has 0 fully saturated rings. The van der Waals surface area contributed by atoms with E-state index < -0.39 is 0 Å². The van der Waals surface area contributed by atoms with Gasteiger partial charge in [-0.05, 0) is 153 Å². The maximum Gasteiger partial charge on any atom is 0.0726 e. The van der Waals surface area contributed by atoms with Gasteiger partial charge >= 0.3 is 0 Å². The lowest BCUT2D eigenvalue weighted by Crippen LogP contribution is -1.93. The first kappa shape index (κ1) is 68.7. The Bertz CT molecular complexity index is 9000. The second-order valence-corrected chi connectivity index (χ2v) is 35.4. The fourth-order valence-corrected chi connectivity index (χ4v) is 24.5. The van der Waals surface area contributed by atoms with Gasteiger partial charge in [-0.3, -0.25) is 0 Å². The van der Waals surface area contributed by atoms with Gasteiger partial charge in [0.15, 0.2) is 0 Å². The first-order chi connectivity index (χ1) is 59.6. The summed E-state index contributed by atoms with van der Waals surface area (Å²) >= 11 is 7.61. The Morgan fingerprint density at radius 1 is 0.142 bits per heavy atom. The number of nitrogens with zero attached hydrogens (tertiary/aromatic N) is 4. The Morgan fingerprint density at radius 3 is 1.12 bits per heavy atom. The van der Waals surface area contributed by atoms with Gasteiger partial charge in [0, 0.05) is 143 Å². The Kier molecular flexibility index (Phi) is 15.8.